The van der Waals surface area contributed by atoms with E-state index in [-0.39, 0.29) is 12.5 Å². The molecule has 0 fully saturated rings. The Bertz CT molecular complexity index is 378. The van der Waals surface area contributed by atoms with E-state index in [9.17, 15) is 9.90 Å². The van der Waals surface area contributed by atoms with Crippen LogP contribution in [0.2, 0.25) is 0 Å². The quantitative estimate of drug-likeness (QED) is 0.292. The second-order valence-electron chi connectivity index (χ2n) is 5.22. The number of hydrogen-bond acceptors (Lipinski definition) is 2. The number of carboxylic acid groups (broad SMARTS) is 1. The first-order valence-electron chi connectivity index (χ1n) is 8.20. The van der Waals surface area contributed by atoms with Gasteiger partial charge in [0.1, 0.15) is 0 Å². The van der Waals surface area contributed by atoms with E-state index in [1.54, 1.807) is 0 Å². The summed E-state index contributed by atoms with van der Waals surface area (Å²) in [5.74, 6) is -0.730. The third-order valence-corrected chi connectivity index (χ3v) is 3.07. The summed E-state index contributed by atoms with van der Waals surface area (Å²) in [5.41, 5.74) is 0. The molecular formula is C19H30O3. The first-order valence-corrected chi connectivity index (χ1v) is 8.20. The molecule has 1 unspecified atom stereocenters. The molecule has 22 heavy (non-hydrogen) atoms. The summed E-state index contributed by atoms with van der Waals surface area (Å²) >= 11 is 0. The second-order valence-corrected chi connectivity index (χ2v) is 5.22. The molecule has 124 valence electrons. The number of allylic oxidation sites excluding steroid dienone is 7. The van der Waals surface area contributed by atoms with E-state index in [0.29, 0.717) is 6.42 Å². The molecule has 0 saturated heterocycles. The molecule has 0 rings (SSSR count). The summed E-state index contributed by atoms with van der Waals surface area (Å²) in [6.45, 7) is 2.12. The molecule has 3 nitrogen and oxygen atoms in total. The van der Waals surface area contributed by atoms with E-state index in [0.717, 1.165) is 38.5 Å². The molecule has 0 aliphatic heterocycles. The van der Waals surface area contributed by atoms with Crippen LogP contribution in [0.4, 0.5) is 0 Å². The van der Waals surface area contributed by atoms with Gasteiger partial charge in [-0.05, 0) is 32.1 Å². The highest BCUT2D eigenvalue weighted by Crippen LogP contribution is 2.02. The Labute approximate surface area is 134 Å². The van der Waals surface area contributed by atoms with Crippen LogP contribution in [0.5, 0.6) is 0 Å². The molecule has 2 N–H and O–H groups in total. The summed E-state index contributed by atoms with van der Waals surface area (Å²) in [6.07, 6.45) is 22.2. The summed E-state index contributed by atoms with van der Waals surface area (Å²) in [6, 6.07) is 0. The van der Waals surface area contributed by atoms with Gasteiger partial charge in [0, 0.05) is 6.42 Å². The average molecular weight is 306 g/mol. The number of aliphatic hydroxyl groups excluding tert-OH is 1. The molecule has 3 heteroatoms. The molecule has 0 aromatic heterocycles. The third kappa shape index (κ3) is 16.4. The Morgan fingerprint density at radius 1 is 1.00 bits per heavy atom. The SMILES string of the molecule is CCCCC(O)/C=C/C=C\C/C=C\C/C=C\CCCC(=O)O. The van der Waals surface area contributed by atoms with Gasteiger partial charge in [-0.2, -0.15) is 0 Å². The van der Waals surface area contributed by atoms with E-state index in [2.05, 4.69) is 31.2 Å². The highest BCUT2D eigenvalue weighted by molar-refractivity contribution is 5.66. The van der Waals surface area contributed by atoms with Gasteiger partial charge in [-0.3, -0.25) is 4.79 Å². The van der Waals surface area contributed by atoms with E-state index >= 15 is 0 Å². The van der Waals surface area contributed by atoms with Gasteiger partial charge in [-0.25, -0.2) is 0 Å². The fourth-order valence-electron chi connectivity index (χ4n) is 1.79. The molecule has 1 atom stereocenters. The molecule has 0 aliphatic carbocycles. The lowest BCUT2D eigenvalue weighted by Crippen LogP contribution is -2.00. The first-order chi connectivity index (χ1) is 10.7. The number of rotatable bonds is 13. The summed E-state index contributed by atoms with van der Waals surface area (Å²) in [7, 11) is 0. The molecule has 0 saturated carbocycles. The Hall–Kier alpha value is -1.61. The maximum atomic E-state index is 10.3. The van der Waals surface area contributed by atoms with Crippen molar-refractivity contribution in [2.75, 3.05) is 0 Å². The predicted molar refractivity (Wildman–Crippen MR) is 92.8 cm³/mol. The highest BCUT2D eigenvalue weighted by Gasteiger charge is 1.95. The normalized spacial score (nSPS) is 13.9. The topological polar surface area (TPSA) is 57.5 Å². The van der Waals surface area contributed by atoms with Crippen LogP contribution in [0.3, 0.4) is 0 Å². The molecule has 0 heterocycles. The van der Waals surface area contributed by atoms with Crippen molar-refractivity contribution < 1.29 is 15.0 Å². The fraction of sp³-hybridized carbons (Fsp3) is 0.526. The predicted octanol–water partition coefficient (Wildman–Crippen LogP) is 4.80. The number of carboxylic acids is 1. The molecule has 0 aromatic rings. The molecular weight excluding hydrogens is 276 g/mol. The summed E-state index contributed by atoms with van der Waals surface area (Å²) in [4.78, 5) is 10.3. The Morgan fingerprint density at radius 3 is 2.36 bits per heavy atom. The van der Waals surface area contributed by atoms with Crippen LogP contribution in [-0.4, -0.2) is 22.3 Å². The minimum Gasteiger partial charge on any atom is -0.481 e. The number of aliphatic carboxylic acids is 1. The molecule has 0 aliphatic rings. The zero-order chi connectivity index (χ0) is 16.5. The summed E-state index contributed by atoms with van der Waals surface area (Å²) < 4.78 is 0. The molecule has 0 bridgehead atoms. The van der Waals surface area contributed by atoms with Crippen LogP contribution in [0.25, 0.3) is 0 Å². The van der Waals surface area contributed by atoms with Crippen LogP contribution in [-0.2, 0) is 4.79 Å². The van der Waals surface area contributed by atoms with Crippen molar-refractivity contribution in [2.24, 2.45) is 0 Å². The van der Waals surface area contributed by atoms with Crippen LogP contribution in [0.1, 0.15) is 58.3 Å². The molecule has 0 radical (unpaired) electrons. The molecule has 0 spiro atoms. The van der Waals surface area contributed by atoms with Crippen LogP contribution >= 0.6 is 0 Å². The maximum Gasteiger partial charge on any atom is 0.303 e. The van der Waals surface area contributed by atoms with Crippen LogP contribution in [0.15, 0.2) is 48.6 Å². The van der Waals surface area contributed by atoms with E-state index < -0.39 is 5.97 Å². The van der Waals surface area contributed by atoms with Gasteiger partial charge in [-0.15, -0.1) is 0 Å². The van der Waals surface area contributed by atoms with Gasteiger partial charge >= 0.3 is 5.97 Å². The van der Waals surface area contributed by atoms with Crippen molar-refractivity contribution in [1.82, 2.24) is 0 Å². The van der Waals surface area contributed by atoms with Crippen molar-refractivity contribution in [3.63, 3.8) is 0 Å². The van der Waals surface area contributed by atoms with Gasteiger partial charge in [0.15, 0.2) is 0 Å². The Balaban J connectivity index is 3.57. The molecule has 0 aromatic carbocycles. The van der Waals surface area contributed by atoms with Crippen molar-refractivity contribution >= 4 is 5.97 Å². The van der Waals surface area contributed by atoms with Crippen molar-refractivity contribution in [2.45, 2.75) is 64.4 Å². The van der Waals surface area contributed by atoms with E-state index in [1.807, 2.05) is 24.3 Å². The monoisotopic (exact) mass is 306 g/mol. The van der Waals surface area contributed by atoms with Gasteiger partial charge in [0.05, 0.1) is 6.10 Å². The lowest BCUT2D eigenvalue weighted by atomic mass is 10.1. The van der Waals surface area contributed by atoms with Gasteiger partial charge in [0.25, 0.3) is 0 Å². The van der Waals surface area contributed by atoms with Crippen molar-refractivity contribution in [3.8, 4) is 0 Å². The lowest BCUT2D eigenvalue weighted by molar-refractivity contribution is -0.137. The zero-order valence-corrected chi connectivity index (χ0v) is 13.7. The molecule has 0 amide bonds. The maximum absolute atomic E-state index is 10.3. The minimum absolute atomic E-state index is 0.242. The number of unbranched alkanes of at least 4 members (excludes halogenated alkanes) is 2. The van der Waals surface area contributed by atoms with E-state index in [1.165, 1.54) is 0 Å². The Morgan fingerprint density at radius 2 is 1.68 bits per heavy atom. The van der Waals surface area contributed by atoms with Crippen LogP contribution < -0.4 is 0 Å². The zero-order valence-electron chi connectivity index (χ0n) is 13.7. The van der Waals surface area contributed by atoms with Crippen molar-refractivity contribution in [1.29, 1.82) is 0 Å². The lowest BCUT2D eigenvalue weighted by Gasteiger charge is -2.01. The van der Waals surface area contributed by atoms with Gasteiger partial charge in [0.2, 0.25) is 0 Å². The standard InChI is InChI=1S/C19H30O3/c1-2-3-15-18(20)16-13-11-9-7-5-4-6-8-10-12-14-17-19(21)22/h4-5,8-11,13,16,18,20H,2-3,6-7,12,14-15,17H2,1H3,(H,21,22)/b5-4-,10-8-,11-9-,16-13+. The van der Waals surface area contributed by atoms with Crippen molar-refractivity contribution in [3.05, 3.63) is 48.6 Å². The minimum atomic E-state index is -0.730. The Kier molecular flexibility index (Phi) is 14.6. The van der Waals surface area contributed by atoms with Gasteiger partial charge < -0.3 is 10.2 Å². The number of hydrogen-bond donors (Lipinski definition) is 2. The summed E-state index contributed by atoms with van der Waals surface area (Å²) in [5, 5.41) is 18.1. The smallest absolute Gasteiger partial charge is 0.303 e. The fourth-order valence-corrected chi connectivity index (χ4v) is 1.79. The van der Waals surface area contributed by atoms with Gasteiger partial charge in [-0.1, -0.05) is 68.4 Å². The van der Waals surface area contributed by atoms with Crippen LogP contribution in [0, 0.1) is 0 Å². The number of aliphatic hydroxyl groups is 1. The number of carbonyl (C=O) groups is 1. The third-order valence-electron chi connectivity index (χ3n) is 3.07. The average Bonchev–Trinajstić information content (AvgIpc) is 2.49. The first kappa shape index (κ1) is 20.4. The highest BCUT2D eigenvalue weighted by atomic mass is 16.4. The largest absolute Gasteiger partial charge is 0.481 e. The van der Waals surface area contributed by atoms with E-state index in [4.69, 9.17) is 5.11 Å². The second kappa shape index (κ2) is 15.8.